The number of nitrogens with zero attached hydrogens (tertiary/aromatic N) is 9. The van der Waals surface area contributed by atoms with Crippen LogP contribution in [0.2, 0.25) is 0 Å². The summed E-state index contributed by atoms with van der Waals surface area (Å²) in [4.78, 5) is 39.8. The SMILES string of the molecule is [2H]C([2H])([2H])C([2H])(C)c1ccc(-c2[c-]ccc3c2oc2nc(C(C)(C)C)cc(C)c23)nc1.[2H]C([2H])([2H])c1c[c-]c(-c2cc(C([2H])(C)C([2H])([2H])[2H])c(C)cn2)c2oc3nc(C(C)(C)C)ccc3c12.[2H]C([2H])([2H])c1cc(-c2[c-]cc(C([2H])([2H])[2H])c3c2oc2nc(C(C)(C)C)ccc23)ncc1C([2H])(C)C([2H])([2H])[2H].[2H]C([2H])([2H])c1cnc(-c2[c-]cccc2)cc1C.[2H]C([2H])([2H])c1cnc(-c2[c-]cccc2)cc1C.[2H]C([2H])([2H])c1cnc(-c2[c-]cccc2)cc1C.[Ir].[Ir].[Ir]. The molecule has 0 aliphatic rings. The molecule has 0 N–H and O–H groups in total. The van der Waals surface area contributed by atoms with Crippen LogP contribution in [-0.2, 0) is 76.6 Å². The number of pyridine rings is 9. The molecule has 3 atom stereocenters. The average Bonchev–Trinajstić information content (AvgIpc) is 1.58. The molecule has 0 fully saturated rings. The van der Waals surface area contributed by atoms with Gasteiger partial charge in [-0.3, -0.25) is 0 Å². The monoisotopic (exact) mass is 2250 g/mol. The number of fused-ring (bicyclic) bond motifs is 9. The molecule has 6 aromatic carbocycles. The fourth-order valence-corrected chi connectivity index (χ4v) is 13.6. The molecule has 12 nitrogen and oxygen atoms in total. The zero-order valence-corrected chi connectivity index (χ0v) is 81.1. The van der Waals surface area contributed by atoms with Crippen LogP contribution in [-0.4, -0.2) is 44.9 Å². The van der Waals surface area contributed by atoms with Gasteiger partial charge >= 0.3 is 0 Å². The van der Waals surface area contributed by atoms with Gasteiger partial charge < -0.3 is 43.2 Å². The summed E-state index contributed by atoms with van der Waals surface area (Å²) in [5.74, 6) is -5.85. The van der Waals surface area contributed by atoms with E-state index in [2.05, 4.69) is 110 Å². The average molecular weight is 2250 g/mol. The largest absolute Gasteiger partial charge is 0.486 e. The van der Waals surface area contributed by atoms with Gasteiger partial charge in [-0.25, -0.2) is 15.0 Å². The number of aromatic nitrogens is 9. The molecule has 15 heteroatoms. The summed E-state index contributed by atoms with van der Waals surface area (Å²) >= 11 is 0. The molecule has 3 radical (unpaired) electrons. The van der Waals surface area contributed by atoms with Crippen molar-refractivity contribution in [3.63, 3.8) is 0 Å². The molecule has 128 heavy (non-hydrogen) atoms. The first kappa shape index (κ1) is 64.7. The zero-order chi connectivity index (χ0) is 115. The van der Waals surface area contributed by atoms with Crippen molar-refractivity contribution in [2.45, 2.75) is 213 Å². The fraction of sp³-hybridized carbons (Fsp3) is 0.283. The second-order valence-electron chi connectivity index (χ2n) is 33.6. The van der Waals surface area contributed by atoms with Crippen LogP contribution >= 0.6 is 0 Å². The third-order valence-electron chi connectivity index (χ3n) is 20.8. The van der Waals surface area contributed by atoms with Crippen LogP contribution in [0.4, 0.5) is 0 Å². The van der Waals surface area contributed by atoms with Gasteiger partial charge in [-0.1, -0.05) is 215 Å². The van der Waals surface area contributed by atoms with E-state index in [9.17, 15) is 0 Å². The van der Waals surface area contributed by atoms with Gasteiger partial charge in [0.05, 0.1) is 22.4 Å². The van der Waals surface area contributed by atoms with E-state index in [-0.39, 0.29) is 132 Å². The Labute approximate surface area is 840 Å². The first-order chi connectivity index (χ1) is 71.3. The summed E-state index contributed by atoms with van der Waals surface area (Å²) < 4.78 is 252. The smallest absolute Gasteiger partial charge is 0.216 e. The molecule has 18 rings (SSSR count). The van der Waals surface area contributed by atoms with Gasteiger partial charge in [0, 0.05) is 182 Å². The summed E-state index contributed by atoms with van der Waals surface area (Å²) in [6.07, 6.45) is 8.33. The minimum Gasteiger partial charge on any atom is -0.486 e. The summed E-state index contributed by atoms with van der Waals surface area (Å²) in [5, 5.41) is 3.63. The van der Waals surface area contributed by atoms with E-state index in [0.717, 1.165) is 97.0 Å². The molecule has 0 amide bonds. The minimum absolute atomic E-state index is 0. The number of rotatable bonds is 9. The fourth-order valence-electron chi connectivity index (χ4n) is 13.6. The summed E-state index contributed by atoms with van der Waals surface area (Å²) in [7, 11) is 0. The molecule has 0 aliphatic heterocycles. The predicted molar refractivity (Wildman–Crippen MR) is 517 cm³/mol. The molecule has 0 aliphatic carbocycles. The first-order valence-electron chi connectivity index (χ1n) is 55.4. The molecule has 12 heterocycles. The Balaban J connectivity index is 0.000000198. The molecule has 18 aromatic rings. The maximum atomic E-state index is 8.56. The van der Waals surface area contributed by atoms with E-state index in [4.69, 9.17) is 59.4 Å². The van der Waals surface area contributed by atoms with Crippen LogP contribution in [0.1, 0.15) is 257 Å². The van der Waals surface area contributed by atoms with Gasteiger partial charge in [0.15, 0.2) is 0 Å². The van der Waals surface area contributed by atoms with Crippen molar-refractivity contribution in [1.82, 2.24) is 44.9 Å². The Morgan fingerprint density at radius 1 is 0.312 bits per heavy atom. The Morgan fingerprint density at radius 3 is 1.14 bits per heavy atom. The number of furan rings is 3. The quantitative estimate of drug-likeness (QED) is 0.126. The molecule has 3 unspecified atom stereocenters. The third kappa shape index (κ3) is 22.8. The van der Waals surface area contributed by atoms with E-state index >= 15 is 0 Å². The van der Waals surface area contributed by atoms with E-state index < -0.39 is 79.3 Å². The van der Waals surface area contributed by atoms with Crippen molar-refractivity contribution >= 4 is 66.2 Å². The summed E-state index contributed by atoms with van der Waals surface area (Å²) in [6, 6.07) is 68.1. The molecule has 0 spiro atoms. The minimum atomic E-state index is -2.81. The molecular weight excluding hydrogens is 2110 g/mol. The zero-order valence-electron chi connectivity index (χ0n) is 104. The second kappa shape index (κ2) is 42.1. The van der Waals surface area contributed by atoms with Crippen molar-refractivity contribution in [3.8, 4) is 67.5 Å². The van der Waals surface area contributed by atoms with E-state index in [1.807, 2.05) is 139 Å². The van der Waals surface area contributed by atoms with E-state index in [1.54, 1.807) is 76.2 Å². The van der Waals surface area contributed by atoms with E-state index in [0.29, 0.717) is 89.1 Å². The van der Waals surface area contributed by atoms with Gasteiger partial charge in [0.25, 0.3) is 0 Å². The number of benzene rings is 6. The Bertz CT molecular complexity index is 7970. The molecule has 0 saturated carbocycles. The van der Waals surface area contributed by atoms with Crippen molar-refractivity contribution in [2.24, 2.45) is 0 Å². The van der Waals surface area contributed by atoms with Crippen LogP contribution in [0.15, 0.2) is 220 Å². The van der Waals surface area contributed by atoms with Gasteiger partial charge in [0.2, 0.25) is 17.1 Å². The van der Waals surface area contributed by atoms with Gasteiger partial charge in [-0.05, 0) is 189 Å². The second-order valence-corrected chi connectivity index (χ2v) is 33.6. The van der Waals surface area contributed by atoms with Gasteiger partial charge in [-0.2, -0.15) is 0 Å². The maximum Gasteiger partial charge on any atom is 0.216 e. The van der Waals surface area contributed by atoms with Crippen molar-refractivity contribution < 1.29 is 115 Å². The predicted octanol–water partition coefficient (Wildman–Crippen LogP) is 29.8. The van der Waals surface area contributed by atoms with Gasteiger partial charge in [0.1, 0.15) is 0 Å². The van der Waals surface area contributed by atoms with Gasteiger partial charge in [-0.15, -0.1) is 161 Å². The third-order valence-corrected chi connectivity index (χ3v) is 20.8. The topological polar surface area (TPSA) is 155 Å². The summed E-state index contributed by atoms with van der Waals surface area (Å²) in [6.45, 7) is 9.57. The summed E-state index contributed by atoms with van der Waals surface area (Å²) in [5.41, 5.74) is 16.0. The van der Waals surface area contributed by atoms with Crippen LogP contribution in [0, 0.1) is 112 Å². The van der Waals surface area contributed by atoms with Crippen molar-refractivity contribution in [3.05, 3.63) is 338 Å². The Kier molecular flexibility index (Phi) is 21.3. The Morgan fingerprint density at radius 2 is 0.719 bits per heavy atom. The molecule has 663 valence electrons. The maximum absolute atomic E-state index is 8.56. The number of hydrogen-bond acceptors (Lipinski definition) is 12. The normalized spacial score (nSPS) is 17.1. The first-order valence-corrected chi connectivity index (χ1v) is 40.4. The van der Waals surface area contributed by atoms with E-state index in [1.165, 1.54) is 63.0 Å². The standard InChI is InChI=1S/2C25H27N2O.C24H25N2O.3C13H12N.3Ir/c1-14(2)19-12-20(26-13-16(19)4)17-9-8-15(3)22-18-10-11-21(25(5,6)7)27-24(18)28-23(17)22;1-14(2)19-13-26-20(12-16(19)4)17-9-8-15(3)22-18-10-11-21(25(5,6)7)27-24(18)28-23(17)22;1-14(2)16-10-11-19(25-13-16)17-8-7-9-18-21-15(3)12-20(24(4,5)6)26-23(21)27-22(17)18;3*1-10-8-13(14-9-11(10)2)12-6-4-3-5-7-12;;;/h2*8,10-14H,1-7H3;7,9-14H,1-6H3;3*3-6,8-9H,1-2H3;;;/q6*-1;;;/i1D3,3D3,14D;1D3,3D3,4D3,14D;1D3,14D;3*2D3;;;. The van der Waals surface area contributed by atoms with Crippen LogP contribution in [0.5, 0.6) is 0 Å². The number of hydrogen-bond donors (Lipinski definition) is 0. The molecule has 0 bridgehead atoms. The van der Waals surface area contributed by atoms with Crippen molar-refractivity contribution in [2.75, 3.05) is 0 Å². The van der Waals surface area contributed by atoms with Crippen LogP contribution in [0.3, 0.4) is 0 Å². The molecular formula is C113H115Ir3N9O3-6. The molecule has 0 saturated heterocycles. The van der Waals surface area contributed by atoms with Crippen LogP contribution < -0.4 is 0 Å². The van der Waals surface area contributed by atoms with Crippen LogP contribution in [0.25, 0.3) is 134 Å². The van der Waals surface area contributed by atoms with Crippen molar-refractivity contribution in [1.29, 1.82) is 0 Å². The number of aryl methyl sites for hydroxylation is 11. The Hall–Kier alpha value is -11.0. The molecule has 12 aromatic heterocycles.